The highest BCUT2D eigenvalue weighted by atomic mass is 127. The van der Waals surface area contributed by atoms with Crippen LogP contribution in [0, 0.1) is 14.1 Å². The van der Waals surface area contributed by atoms with E-state index in [2.05, 4.69) is 0 Å². The van der Waals surface area contributed by atoms with Gasteiger partial charge >= 0.3 is 5.97 Å². The van der Waals surface area contributed by atoms with Crippen molar-refractivity contribution >= 4 is 61.3 Å². The second-order valence-electron chi connectivity index (χ2n) is 4.50. The van der Waals surface area contributed by atoms with Crippen LogP contribution in [-0.2, 0) is 10.1 Å². The highest BCUT2D eigenvalue weighted by Crippen LogP contribution is 2.31. The van der Waals surface area contributed by atoms with Gasteiger partial charge in [-0.15, -0.1) is 0 Å². The van der Waals surface area contributed by atoms with Gasteiger partial charge in [0.2, 0.25) is 0 Å². The fourth-order valence-corrected chi connectivity index (χ4v) is 4.01. The molecule has 2 aromatic rings. The zero-order valence-corrected chi connectivity index (χ0v) is 16.7. The smallest absolute Gasteiger partial charge is 0.347 e. The van der Waals surface area contributed by atoms with Gasteiger partial charge in [-0.2, -0.15) is 0 Å². The van der Waals surface area contributed by atoms with Gasteiger partial charge in [-0.05, 0) is 88.0 Å². The summed E-state index contributed by atoms with van der Waals surface area (Å²) in [5.74, 6) is -0.878. The predicted molar refractivity (Wildman–Crippen MR) is 97.6 cm³/mol. The molecule has 2 aromatic carbocycles. The normalized spacial score (nSPS) is 11.3. The van der Waals surface area contributed by atoms with Crippen molar-refractivity contribution in [3.8, 4) is 11.5 Å². The van der Waals surface area contributed by atoms with E-state index in [1.807, 2.05) is 45.2 Å². The quantitative estimate of drug-likeness (QED) is 0.269. The molecule has 0 aromatic heterocycles. The Morgan fingerprint density at radius 2 is 1.74 bits per heavy atom. The summed E-state index contributed by atoms with van der Waals surface area (Å²) in [6.45, 7) is 1.68. The molecule has 1 N–H and O–H groups in total. The summed E-state index contributed by atoms with van der Waals surface area (Å²) in [6.07, 6.45) is 0. The van der Waals surface area contributed by atoms with Gasteiger partial charge in [-0.3, -0.25) is 0 Å². The van der Waals surface area contributed by atoms with E-state index in [9.17, 15) is 22.9 Å². The van der Waals surface area contributed by atoms with Crippen molar-refractivity contribution in [3.05, 3.63) is 48.6 Å². The Bertz CT molecular complexity index is 849. The number of esters is 1. The summed E-state index contributed by atoms with van der Waals surface area (Å²) in [5.41, 5.74) is 0.620. The average Bonchev–Trinajstić information content (AvgIpc) is 2.45. The zero-order valence-electron chi connectivity index (χ0n) is 11.5. The van der Waals surface area contributed by atoms with Crippen LogP contribution < -0.4 is 4.74 Å². The summed E-state index contributed by atoms with van der Waals surface area (Å²) < 4.78 is 39.0. The minimum absolute atomic E-state index is 0.0434. The molecule has 0 aliphatic heterocycles. The van der Waals surface area contributed by atoms with Gasteiger partial charge in [0.1, 0.15) is 27.2 Å². The third-order valence-electron chi connectivity index (χ3n) is 2.98. The number of halogens is 2. The number of phenolic OH excluding ortho intramolecular Hbond substituents is 1. The lowest BCUT2D eigenvalue weighted by Gasteiger charge is -2.12. The molecule has 9 heteroatoms. The Kier molecular flexibility index (Phi) is 5.53. The van der Waals surface area contributed by atoms with Crippen molar-refractivity contribution in [1.29, 1.82) is 0 Å². The van der Waals surface area contributed by atoms with Crippen LogP contribution >= 0.6 is 45.2 Å². The van der Waals surface area contributed by atoms with Gasteiger partial charge in [0.05, 0.1) is 8.47 Å². The van der Waals surface area contributed by atoms with Crippen molar-refractivity contribution in [3.63, 3.8) is 0 Å². The van der Waals surface area contributed by atoms with Crippen LogP contribution in [-0.4, -0.2) is 24.0 Å². The van der Waals surface area contributed by atoms with E-state index in [4.69, 9.17) is 4.74 Å². The third kappa shape index (κ3) is 4.14. The molecule has 0 aliphatic rings. The fraction of sp³-hybridized carbons (Fsp3) is 0.0714. The number of phenols is 1. The molecule has 0 saturated heterocycles. The molecule has 0 unspecified atom stereocenters. The highest BCUT2D eigenvalue weighted by Gasteiger charge is 2.21. The molecule has 0 radical (unpaired) electrons. The Labute approximate surface area is 159 Å². The second kappa shape index (κ2) is 6.91. The molecule has 0 fully saturated rings. The molecular formula is C14H9I2O6S-. The summed E-state index contributed by atoms with van der Waals surface area (Å²) in [6, 6.07) is 6.24. The lowest BCUT2D eigenvalue weighted by atomic mass is 10.1. The van der Waals surface area contributed by atoms with Crippen LogP contribution in [0.15, 0.2) is 35.2 Å². The Hall–Kier alpha value is -0.920. The molecule has 0 spiro atoms. The Balaban J connectivity index is 2.34. The number of ether oxygens (including phenoxy) is 1. The van der Waals surface area contributed by atoms with Crippen LogP contribution in [0.1, 0.15) is 15.9 Å². The lowest BCUT2D eigenvalue weighted by Crippen LogP contribution is -2.12. The molecule has 0 amide bonds. The summed E-state index contributed by atoms with van der Waals surface area (Å²) in [5, 5.41) is 10.1. The number of hydrogen-bond donors (Lipinski definition) is 1. The lowest BCUT2D eigenvalue weighted by molar-refractivity contribution is 0.0730. The summed E-state index contributed by atoms with van der Waals surface area (Å²) in [7, 11) is -4.56. The maximum Gasteiger partial charge on any atom is 0.347 e. The van der Waals surface area contributed by atoms with Gasteiger partial charge in [0.25, 0.3) is 0 Å². The number of rotatable bonds is 3. The molecule has 0 bridgehead atoms. The number of carbonyl (C=O) groups excluding carboxylic acids is 1. The summed E-state index contributed by atoms with van der Waals surface area (Å²) in [4.78, 5) is 11.9. The molecule has 0 saturated carbocycles. The minimum atomic E-state index is -4.56. The topological polar surface area (TPSA) is 104 Å². The number of aromatic hydroxyl groups is 1. The van der Waals surface area contributed by atoms with Gasteiger partial charge in [-0.25, -0.2) is 13.2 Å². The Morgan fingerprint density at radius 3 is 2.26 bits per heavy atom. The van der Waals surface area contributed by atoms with Crippen LogP contribution in [0.5, 0.6) is 11.5 Å². The first-order valence-corrected chi connectivity index (χ1v) is 9.63. The number of hydrogen-bond acceptors (Lipinski definition) is 6. The van der Waals surface area contributed by atoms with E-state index in [1.54, 1.807) is 13.0 Å². The monoisotopic (exact) mass is 559 g/mol. The standard InChI is InChI=1S/C14H10I2O6S/c1-7-10(15)6-11(16)13(17)12(7)14(18)22-8-2-4-9(5-3-8)23(19,20)21/h2-6,17H,1H3,(H,19,20,21)/p-1. The maximum atomic E-state index is 12.3. The molecule has 122 valence electrons. The van der Waals surface area contributed by atoms with E-state index in [1.165, 1.54) is 12.1 Å². The van der Waals surface area contributed by atoms with E-state index < -0.39 is 21.0 Å². The molecule has 2 rings (SSSR count). The fourth-order valence-electron chi connectivity index (χ4n) is 1.79. The SMILES string of the molecule is Cc1c(I)cc(I)c(O)c1C(=O)Oc1ccc(S(=O)(=O)[O-])cc1. The zero-order chi connectivity index (χ0) is 17.4. The first-order chi connectivity index (χ1) is 10.6. The predicted octanol–water partition coefficient (Wildman–Crippen LogP) is 3.03. The largest absolute Gasteiger partial charge is 0.744 e. The van der Waals surface area contributed by atoms with Crippen LogP contribution in [0.3, 0.4) is 0 Å². The van der Waals surface area contributed by atoms with E-state index in [0.717, 1.165) is 15.7 Å². The van der Waals surface area contributed by atoms with Crippen molar-refractivity contribution in [2.24, 2.45) is 0 Å². The molecule has 23 heavy (non-hydrogen) atoms. The number of carbonyl (C=O) groups is 1. The van der Waals surface area contributed by atoms with E-state index in [0.29, 0.717) is 9.13 Å². The van der Waals surface area contributed by atoms with Crippen LogP contribution in [0.25, 0.3) is 0 Å². The van der Waals surface area contributed by atoms with Gasteiger partial charge in [-0.1, -0.05) is 0 Å². The van der Waals surface area contributed by atoms with E-state index in [-0.39, 0.29) is 17.1 Å². The molecule has 6 nitrogen and oxygen atoms in total. The third-order valence-corrected chi connectivity index (χ3v) is 5.77. The van der Waals surface area contributed by atoms with Crippen molar-refractivity contribution in [1.82, 2.24) is 0 Å². The van der Waals surface area contributed by atoms with Gasteiger partial charge in [0, 0.05) is 3.57 Å². The van der Waals surface area contributed by atoms with Crippen molar-refractivity contribution in [2.75, 3.05) is 0 Å². The molecular weight excluding hydrogens is 550 g/mol. The molecule has 0 heterocycles. The van der Waals surface area contributed by atoms with Crippen molar-refractivity contribution < 1.29 is 27.6 Å². The van der Waals surface area contributed by atoms with Crippen molar-refractivity contribution in [2.45, 2.75) is 11.8 Å². The average molecular weight is 559 g/mol. The first-order valence-electron chi connectivity index (χ1n) is 6.07. The van der Waals surface area contributed by atoms with Crippen LogP contribution in [0.4, 0.5) is 0 Å². The van der Waals surface area contributed by atoms with Crippen LogP contribution in [0.2, 0.25) is 0 Å². The summed E-state index contributed by atoms with van der Waals surface area (Å²) >= 11 is 3.95. The van der Waals surface area contributed by atoms with E-state index >= 15 is 0 Å². The number of benzene rings is 2. The Morgan fingerprint density at radius 1 is 1.17 bits per heavy atom. The maximum absolute atomic E-state index is 12.3. The molecule has 0 aliphatic carbocycles. The minimum Gasteiger partial charge on any atom is -0.744 e. The first kappa shape index (κ1) is 18.4. The van der Waals surface area contributed by atoms with Gasteiger partial charge < -0.3 is 14.4 Å². The molecule has 0 atom stereocenters. The second-order valence-corrected chi connectivity index (χ2v) is 8.21. The van der Waals surface area contributed by atoms with Gasteiger partial charge in [0.15, 0.2) is 0 Å². The highest BCUT2D eigenvalue weighted by molar-refractivity contribution is 14.1.